The summed E-state index contributed by atoms with van der Waals surface area (Å²) in [7, 11) is 1.54. The van der Waals surface area contributed by atoms with Gasteiger partial charge in [-0.1, -0.05) is 23.7 Å². The lowest BCUT2D eigenvalue weighted by molar-refractivity contribution is 0.0847. The molecule has 152 valence electrons. The first-order valence-electron chi connectivity index (χ1n) is 8.88. The fourth-order valence-electron chi connectivity index (χ4n) is 2.58. The zero-order valence-corrected chi connectivity index (χ0v) is 16.7. The van der Waals surface area contributed by atoms with Crippen molar-refractivity contribution in [2.24, 2.45) is 0 Å². The van der Waals surface area contributed by atoms with Crippen molar-refractivity contribution in [1.82, 2.24) is 10.9 Å². The van der Waals surface area contributed by atoms with Crippen LogP contribution in [-0.4, -0.2) is 24.8 Å². The highest BCUT2D eigenvalue weighted by atomic mass is 35.5. The number of para-hydroxylation sites is 1. The number of rotatable bonds is 5. The Bertz CT molecular complexity index is 1070. The van der Waals surface area contributed by atoms with Gasteiger partial charge in [0.2, 0.25) is 0 Å². The second-order valence-electron chi connectivity index (χ2n) is 6.14. The Labute approximate surface area is 178 Å². The van der Waals surface area contributed by atoms with Gasteiger partial charge in [-0.05, 0) is 60.7 Å². The van der Waals surface area contributed by atoms with Crippen LogP contribution in [0, 0.1) is 0 Å². The van der Waals surface area contributed by atoms with E-state index in [2.05, 4.69) is 16.2 Å². The van der Waals surface area contributed by atoms with Crippen LogP contribution in [0.15, 0.2) is 72.8 Å². The third kappa shape index (κ3) is 5.15. The van der Waals surface area contributed by atoms with Crippen LogP contribution in [0.3, 0.4) is 0 Å². The molecule has 0 fully saturated rings. The number of hydrogen-bond donors (Lipinski definition) is 3. The highest BCUT2D eigenvalue weighted by molar-refractivity contribution is 6.30. The van der Waals surface area contributed by atoms with Gasteiger partial charge >= 0.3 is 0 Å². The van der Waals surface area contributed by atoms with Gasteiger partial charge in [0.15, 0.2) is 0 Å². The molecule has 0 radical (unpaired) electrons. The molecule has 7 nitrogen and oxygen atoms in total. The zero-order chi connectivity index (χ0) is 21.5. The van der Waals surface area contributed by atoms with Crippen LogP contribution in [0.2, 0.25) is 5.02 Å². The van der Waals surface area contributed by atoms with Crippen molar-refractivity contribution in [3.05, 3.63) is 94.5 Å². The molecule has 0 saturated heterocycles. The van der Waals surface area contributed by atoms with Gasteiger partial charge in [-0.3, -0.25) is 25.2 Å². The van der Waals surface area contributed by atoms with E-state index in [4.69, 9.17) is 16.3 Å². The minimum atomic E-state index is -0.581. The Morgan fingerprint density at radius 2 is 1.30 bits per heavy atom. The van der Waals surface area contributed by atoms with Crippen LogP contribution in [-0.2, 0) is 0 Å². The van der Waals surface area contributed by atoms with Crippen molar-refractivity contribution in [1.29, 1.82) is 0 Å². The summed E-state index contributed by atoms with van der Waals surface area (Å²) in [5.41, 5.74) is 5.91. The number of hydrogen-bond acceptors (Lipinski definition) is 4. The predicted molar refractivity (Wildman–Crippen MR) is 114 cm³/mol. The Hall–Kier alpha value is -3.84. The van der Waals surface area contributed by atoms with E-state index < -0.39 is 11.8 Å². The molecule has 0 spiro atoms. The molecule has 3 amide bonds. The van der Waals surface area contributed by atoms with E-state index in [1.807, 2.05) is 0 Å². The standard InChI is InChI=1S/C22H18ClN3O4/c1-30-17-12-8-14(9-13-17)20(27)24-19-5-3-2-4-18(19)22(29)26-25-21(28)15-6-10-16(23)11-7-15/h2-13H,1H3,(H,24,27)(H,25,28)(H,26,29). The van der Waals surface area contributed by atoms with Gasteiger partial charge in [0.25, 0.3) is 17.7 Å². The van der Waals surface area contributed by atoms with Crippen LogP contribution in [0.4, 0.5) is 5.69 Å². The number of anilines is 1. The molecule has 3 N–H and O–H groups in total. The number of hydrazine groups is 1. The topological polar surface area (TPSA) is 96.5 Å². The molecule has 8 heteroatoms. The van der Waals surface area contributed by atoms with Gasteiger partial charge in [-0.15, -0.1) is 0 Å². The summed E-state index contributed by atoms with van der Waals surface area (Å²) < 4.78 is 5.08. The van der Waals surface area contributed by atoms with E-state index in [1.165, 1.54) is 25.3 Å². The first-order valence-corrected chi connectivity index (χ1v) is 9.26. The van der Waals surface area contributed by atoms with Crippen LogP contribution in [0.1, 0.15) is 31.1 Å². The number of nitrogens with one attached hydrogen (secondary N) is 3. The quantitative estimate of drug-likeness (QED) is 0.545. The Morgan fingerprint density at radius 1 is 0.733 bits per heavy atom. The van der Waals surface area contributed by atoms with Crippen molar-refractivity contribution < 1.29 is 19.1 Å². The maximum absolute atomic E-state index is 12.5. The summed E-state index contributed by atoms with van der Waals surface area (Å²) in [6.45, 7) is 0. The summed E-state index contributed by atoms with van der Waals surface area (Å²) in [6.07, 6.45) is 0. The molecule has 3 rings (SSSR count). The molecule has 0 aliphatic carbocycles. The Kier molecular flexibility index (Phi) is 6.67. The number of carbonyl (C=O) groups excluding carboxylic acids is 3. The van der Waals surface area contributed by atoms with Crippen LogP contribution >= 0.6 is 11.6 Å². The van der Waals surface area contributed by atoms with Gasteiger partial charge in [-0.25, -0.2) is 0 Å². The third-order valence-electron chi connectivity index (χ3n) is 4.17. The molecular formula is C22H18ClN3O4. The van der Waals surface area contributed by atoms with Gasteiger partial charge in [0.1, 0.15) is 5.75 Å². The number of amides is 3. The second-order valence-corrected chi connectivity index (χ2v) is 6.58. The fourth-order valence-corrected chi connectivity index (χ4v) is 2.71. The lowest BCUT2D eigenvalue weighted by atomic mass is 10.1. The number of methoxy groups -OCH3 is 1. The monoisotopic (exact) mass is 423 g/mol. The summed E-state index contributed by atoms with van der Waals surface area (Å²) in [5.74, 6) is -0.839. The number of benzene rings is 3. The van der Waals surface area contributed by atoms with Crippen LogP contribution in [0.25, 0.3) is 0 Å². The highest BCUT2D eigenvalue weighted by Gasteiger charge is 2.15. The summed E-state index contributed by atoms with van der Waals surface area (Å²) in [5, 5.41) is 3.20. The van der Waals surface area contributed by atoms with Crippen molar-refractivity contribution in [3.63, 3.8) is 0 Å². The van der Waals surface area contributed by atoms with Crippen molar-refractivity contribution >= 4 is 35.0 Å². The average molecular weight is 424 g/mol. The molecule has 0 aliphatic heterocycles. The molecule has 3 aromatic carbocycles. The molecular weight excluding hydrogens is 406 g/mol. The van der Waals surface area contributed by atoms with Gasteiger partial charge < -0.3 is 10.1 Å². The third-order valence-corrected chi connectivity index (χ3v) is 4.42. The minimum absolute atomic E-state index is 0.191. The van der Waals surface area contributed by atoms with Crippen molar-refractivity contribution in [3.8, 4) is 5.75 Å². The molecule has 0 aromatic heterocycles. The zero-order valence-electron chi connectivity index (χ0n) is 15.9. The van der Waals surface area contributed by atoms with E-state index >= 15 is 0 Å². The van der Waals surface area contributed by atoms with Crippen LogP contribution in [0.5, 0.6) is 5.75 Å². The van der Waals surface area contributed by atoms with E-state index in [-0.39, 0.29) is 11.5 Å². The molecule has 0 bridgehead atoms. The number of carbonyl (C=O) groups is 3. The maximum Gasteiger partial charge on any atom is 0.271 e. The molecule has 0 aliphatic rings. The first kappa shape index (κ1) is 20.9. The minimum Gasteiger partial charge on any atom is -0.497 e. The Balaban J connectivity index is 1.67. The molecule has 3 aromatic rings. The second kappa shape index (κ2) is 9.58. The molecule has 0 saturated carbocycles. The van der Waals surface area contributed by atoms with E-state index in [0.29, 0.717) is 27.6 Å². The lowest BCUT2D eigenvalue weighted by Gasteiger charge is -2.12. The van der Waals surface area contributed by atoms with E-state index in [1.54, 1.807) is 54.6 Å². The normalized spacial score (nSPS) is 10.1. The summed E-state index contributed by atoms with van der Waals surface area (Å²) in [6, 6.07) is 19.2. The van der Waals surface area contributed by atoms with E-state index in [9.17, 15) is 14.4 Å². The SMILES string of the molecule is COc1ccc(C(=O)Nc2ccccc2C(=O)NNC(=O)c2ccc(Cl)cc2)cc1. The van der Waals surface area contributed by atoms with E-state index in [0.717, 1.165) is 0 Å². The fraction of sp³-hybridized carbons (Fsp3) is 0.0455. The summed E-state index contributed by atoms with van der Waals surface area (Å²) in [4.78, 5) is 37.2. The predicted octanol–water partition coefficient (Wildman–Crippen LogP) is 3.68. The maximum atomic E-state index is 12.5. The van der Waals surface area contributed by atoms with Crippen LogP contribution < -0.4 is 20.9 Å². The highest BCUT2D eigenvalue weighted by Crippen LogP contribution is 2.18. The van der Waals surface area contributed by atoms with Crippen molar-refractivity contribution in [2.45, 2.75) is 0 Å². The number of halogens is 1. The smallest absolute Gasteiger partial charge is 0.271 e. The van der Waals surface area contributed by atoms with Crippen molar-refractivity contribution in [2.75, 3.05) is 12.4 Å². The first-order chi connectivity index (χ1) is 14.5. The lowest BCUT2D eigenvalue weighted by Crippen LogP contribution is -2.41. The largest absolute Gasteiger partial charge is 0.497 e. The molecule has 0 atom stereocenters. The molecule has 0 heterocycles. The van der Waals surface area contributed by atoms with Gasteiger partial charge in [-0.2, -0.15) is 0 Å². The molecule has 30 heavy (non-hydrogen) atoms. The molecule has 0 unspecified atom stereocenters. The van der Waals surface area contributed by atoms with Gasteiger partial charge in [0.05, 0.1) is 18.4 Å². The average Bonchev–Trinajstić information content (AvgIpc) is 2.78. The van der Waals surface area contributed by atoms with Gasteiger partial charge in [0, 0.05) is 16.1 Å². The Morgan fingerprint density at radius 3 is 1.97 bits per heavy atom. The number of ether oxygens (including phenoxy) is 1. The summed E-state index contributed by atoms with van der Waals surface area (Å²) >= 11 is 5.80.